The van der Waals surface area contributed by atoms with Gasteiger partial charge >= 0.3 is 0 Å². The number of carbonyl (C=O) groups excluding carboxylic acids is 2. The SMILES string of the molecule is CC(NC(=O)c1ccccc1OCC(N)=O)C1CC1. The molecule has 102 valence electrons. The standard InChI is InChI=1S/C14H18N2O3/c1-9(10-6-7-10)16-14(18)11-4-2-3-5-12(11)19-8-13(15)17/h2-5,9-10H,6-8H2,1H3,(H2,15,17)(H,16,18). The largest absolute Gasteiger partial charge is 0.483 e. The van der Waals surface area contributed by atoms with Crippen LogP contribution in [-0.2, 0) is 4.79 Å². The van der Waals surface area contributed by atoms with Gasteiger partial charge in [-0.2, -0.15) is 0 Å². The van der Waals surface area contributed by atoms with Gasteiger partial charge in [-0.15, -0.1) is 0 Å². The third-order valence-electron chi connectivity index (χ3n) is 3.19. The van der Waals surface area contributed by atoms with Crippen LogP contribution in [0.3, 0.4) is 0 Å². The fraction of sp³-hybridized carbons (Fsp3) is 0.429. The number of para-hydroxylation sites is 1. The summed E-state index contributed by atoms with van der Waals surface area (Å²) in [7, 11) is 0. The molecule has 2 rings (SSSR count). The van der Waals surface area contributed by atoms with Crippen LogP contribution in [0.15, 0.2) is 24.3 Å². The predicted octanol–water partition coefficient (Wildman–Crippen LogP) is 1.08. The molecule has 19 heavy (non-hydrogen) atoms. The van der Waals surface area contributed by atoms with Crippen LogP contribution in [0.25, 0.3) is 0 Å². The number of rotatable bonds is 6. The van der Waals surface area contributed by atoms with Crippen LogP contribution in [0.4, 0.5) is 0 Å². The zero-order chi connectivity index (χ0) is 13.8. The monoisotopic (exact) mass is 262 g/mol. The average molecular weight is 262 g/mol. The highest BCUT2D eigenvalue weighted by atomic mass is 16.5. The lowest BCUT2D eigenvalue weighted by atomic mass is 10.1. The summed E-state index contributed by atoms with van der Waals surface area (Å²) in [6, 6.07) is 6.99. The second-order valence-corrected chi connectivity index (χ2v) is 4.85. The molecule has 2 amide bonds. The summed E-state index contributed by atoms with van der Waals surface area (Å²) in [6.45, 7) is 1.77. The Bertz CT molecular complexity index is 483. The molecule has 1 aromatic carbocycles. The maximum Gasteiger partial charge on any atom is 0.255 e. The molecule has 0 radical (unpaired) electrons. The van der Waals surface area contributed by atoms with Gasteiger partial charge in [-0.05, 0) is 37.8 Å². The second kappa shape index (κ2) is 5.73. The van der Waals surface area contributed by atoms with Gasteiger partial charge in [-0.3, -0.25) is 9.59 Å². The van der Waals surface area contributed by atoms with E-state index in [0.717, 1.165) is 0 Å². The van der Waals surface area contributed by atoms with Gasteiger partial charge in [0, 0.05) is 6.04 Å². The maximum atomic E-state index is 12.1. The molecule has 1 aliphatic rings. The molecule has 0 spiro atoms. The second-order valence-electron chi connectivity index (χ2n) is 4.85. The topological polar surface area (TPSA) is 81.4 Å². The van der Waals surface area contributed by atoms with Gasteiger partial charge in [0.05, 0.1) is 5.56 Å². The van der Waals surface area contributed by atoms with Crippen molar-refractivity contribution >= 4 is 11.8 Å². The summed E-state index contributed by atoms with van der Waals surface area (Å²) in [6.07, 6.45) is 2.34. The molecule has 0 heterocycles. The van der Waals surface area contributed by atoms with Crippen molar-refractivity contribution in [2.75, 3.05) is 6.61 Å². The van der Waals surface area contributed by atoms with E-state index in [-0.39, 0.29) is 18.6 Å². The van der Waals surface area contributed by atoms with E-state index < -0.39 is 5.91 Å². The van der Waals surface area contributed by atoms with Gasteiger partial charge in [0.2, 0.25) is 0 Å². The smallest absolute Gasteiger partial charge is 0.255 e. The average Bonchev–Trinajstić information content (AvgIpc) is 3.20. The zero-order valence-electron chi connectivity index (χ0n) is 10.9. The highest BCUT2D eigenvalue weighted by Gasteiger charge is 2.29. The number of nitrogens with one attached hydrogen (secondary N) is 1. The van der Waals surface area contributed by atoms with E-state index in [4.69, 9.17) is 10.5 Å². The number of nitrogens with two attached hydrogens (primary N) is 1. The Kier molecular flexibility index (Phi) is 4.04. The van der Waals surface area contributed by atoms with Crippen molar-refractivity contribution in [1.82, 2.24) is 5.32 Å². The zero-order valence-corrected chi connectivity index (χ0v) is 10.9. The molecule has 1 saturated carbocycles. The summed E-state index contributed by atoms with van der Waals surface area (Å²) < 4.78 is 5.24. The first-order valence-electron chi connectivity index (χ1n) is 6.39. The Morgan fingerprint density at radius 1 is 1.42 bits per heavy atom. The van der Waals surface area contributed by atoms with E-state index in [9.17, 15) is 9.59 Å². The number of ether oxygens (including phenoxy) is 1. The van der Waals surface area contributed by atoms with Crippen LogP contribution in [0.1, 0.15) is 30.1 Å². The Hall–Kier alpha value is -2.04. The Morgan fingerprint density at radius 3 is 2.74 bits per heavy atom. The van der Waals surface area contributed by atoms with Gasteiger partial charge in [0.25, 0.3) is 11.8 Å². The number of benzene rings is 1. The van der Waals surface area contributed by atoms with Gasteiger partial charge in [0.1, 0.15) is 5.75 Å². The molecule has 0 bridgehead atoms. The molecule has 1 aromatic rings. The molecule has 0 saturated heterocycles. The first kappa shape index (κ1) is 13.4. The lowest BCUT2D eigenvalue weighted by Gasteiger charge is -2.15. The van der Waals surface area contributed by atoms with Crippen molar-refractivity contribution in [3.8, 4) is 5.75 Å². The molecule has 0 aliphatic heterocycles. The Balaban J connectivity index is 2.04. The maximum absolute atomic E-state index is 12.1. The van der Waals surface area contributed by atoms with Crippen molar-refractivity contribution in [2.24, 2.45) is 11.7 Å². The lowest BCUT2D eigenvalue weighted by Crippen LogP contribution is -2.34. The highest BCUT2D eigenvalue weighted by molar-refractivity contribution is 5.97. The van der Waals surface area contributed by atoms with Gasteiger partial charge in [-0.1, -0.05) is 12.1 Å². The van der Waals surface area contributed by atoms with E-state index in [1.165, 1.54) is 12.8 Å². The normalized spacial score (nSPS) is 15.6. The summed E-state index contributed by atoms with van der Waals surface area (Å²) in [5, 5.41) is 2.95. The summed E-state index contributed by atoms with van der Waals surface area (Å²) in [4.78, 5) is 22.9. The minimum Gasteiger partial charge on any atom is -0.483 e. The van der Waals surface area contributed by atoms with E-state index in [1.54, 1.807) is 24.3 Å². The molecule has 5 nitrogen and oxygen atoms in total. The van der Waals surface area contributed by atoms with Gasteiger partial charge in [0.15, 0.2) is 6.61 Å². The van der Waals surface area contributed by atoms with Crippen LogP contribution in [0.2, 0.25) is 0 Å². The quantitative estimate of drug-likeness (QED) is 0.804. The summed E-state index contributed by atoms with van der Waals surface area (Å²) in [5.41, 5.74) is 5.46. The lowest BCUT2D eigenvalue weighted by molar-refractivity contribution is -0.119. The van der Waals surface area contributed by atoms with Crippen LogP contribution in [-0.4, -0.2) is 24.5 Å². The molecular weight excluding hydrogens is 244 g/mol. The van der Waals surface area contributed by atoms with Crippen molar-refractivity contribution in [3.63, 3.8) is 0 Å². The summed E-state index contributed by atoms with van der Waals surface area (Å²) >= 11 is 0. The van der Waals surface area contributed by atoms with E-state index >= 15 is 0 Å². The molecule has 5 heteroatoms. The fourth-order valence-electron chi connectivity index (χ4n) is 1.93. The minimum absolute atomic E-state index is 0.164. The van der Waals surface area contributed by atoms with Crippen molar-refractivity contribution in [1.29, 1.82) is 0 Å². The van der Waals surface area contributed by atoms with Gasteiger partial charge in [-0.25, -0.2) is 0 Å². The molecule has 1 fully saturated rings. The van der Waals surface area contributed by atoms with Crippen molar-refractivity contribution in [2.45, 2.75) is 25.8 Å². The first-order valence-corrected chi connectivity index (χ1v) is 6.39. The Labute approximate surface area is 112 Å². The number of hydrogen-bond donors (Lipinski definition) is 2. The molecule has 0 aromatic heterocycles. The third-order valence-corrected chi connectivity index (χ3v) is 3.19. The van der Waals surface area contributed by atoms with Crippen molar-refractivity contribution in [3.05, 3.63) is 29.8 Å². The first-order chi connectivity index (χ1) is 9.08. The van der Waals surface area contributed by atoms with E-state index in [0.29, 0.717) is 17.2 Å². The van der Waals surface area contributed by atoms with Crippen LogP contribution in [0, 0.1) is 5.92 Å². The summed E-state index contributed by atoms with van der Waals surface area (Å²) in [5.74, 6) is 0.213. The molecular formula is C14H18N2O3. The minimum atomic E-state index is -0.568. The van der Waals surface area contributed by atoms with Crippen LogP contribution in [0.5, 0.6) is 5.75 Å². The van der Waals surface area contributed by atoms with Crippen molar-refractivity contribution < 1.29 is 14.3 Å². The molecule has 1 aliphatic carbocycles. The molecule has 1 atom stereocenters. The number of primary amides is 1. The number of carbonyl (C=O) groups is 2. The van der Waals surface area contributed by atoms with Crippen LogP contribution >= 0.6 is 0 Å². The van der Waals surface area contributed by atoms with Gasteiger partial charge < -0.3 is 15.8 Å². The van der Waals surface area contributed by atoms with Crippen LogP contribution < -0.4 is 15.8 Å². The molecule has 1 unspecified atom stereocenters. The number of amides is 2. The number of hydrogen-bond acceptors (Lipinski definition) is 3. The highest BCUT2D eigenvalue weighted by Crippen LogP contribution is 2.32. The predicted molar refractivity (Wildman–Crippen MR) is 70.8 cm³/mol. The van der Waals surface area contributed by atoms with E-state index in [1.807, 2.05) is 6.92 Å². The Morgan fingerprint density at radius 2 is 2.11 bits per heavy atom. The van der Waals surface area contributed by atoms with E-state index in [2.05, 4.69) is 5.32 Å². The molecule has 3 N–H and O–H groups in total. The fourth-order valence-corrected chi connectivity index (χ4v) is 1.93. The third kappa shape index (κ3) is 3.71.